The van der Waals surface area contributed by atoms with Crippen molar-refractivity contribution in [3.05, 3.63) is 35.4 Å². The predicted octanol–water partition coefficient (Wildman–Crippen LogP) is 3.39. The molecule has 0 spiro atoms. The van der Waals surface area contributed by atoms with Gasteiger partial charge in [-0.15, -0.1) is 0 Å². The van der Waals surface area contributed by atoms with Crippen molar-refractivity contribution in [1.29, 1.82) is 0 Å². The van der Waals surface area contributed by atoms with Crippen LogP contribution in [-0.2, 0) is 15.0 Å². The summed E-state index contributed by atoms with van der Waals surface area (Å²) in [5.41, 5.74) is -0.641. The predicted molar refractivity (Wildman–Crippen MR) is 88.0 cm³/mol. The molecule has 1 amide bonds. The second-order valence-electron chi connectivity index (χ2n) is 7.35. The van der Waals surface area contributed by atoms with Crippen LogP contribution in [0.15, 0.2) is 18.2 Å². The van der Waals surface area contributed by atoms with Gasteiger partial charge in [0.2, 0.25) is 5.91 Å². The normalized spacial score (nSPS) is 25.0. The van der Waals surface area contributed by atoms with E-state index in [1.165, 1.54) is 18.2 Å². The standard InChI is InChI=1S/C19H23F2NO3/c20-14-4-3-5-15(21)16(14)19(8-1-2-9-19)11-22-17(23)12-6-7-13(10-12)18(24)25/h3-5,12-13H,1-2,6-11H2,(H,22,23)(H,24,25)/t12-,13+/m0/s1. The molecule has 3 rings (SSSR count). The van der Waals surface area contributed by atoms with Gasteiger partial charge in [-0.05, 0) is 44.2 Å². The Morgan fingerprint density at radius 1 is 1.12 bits per heavy atom. The Labute approximate surface area is 145 Å². The number of halogens is 2. The molecule has 1 aromatic carbocycles. The third-order valence-corrected chi connectivity index (χ3v) is 5.81. The number of nitrogens with one attached hydrogen (secondary N) is 1. The quantitative estimate of drug-likeness (QED) is 0.854. The van der Waals surface area contributed by atoms with Crippen molar-refractivity contribution in [2.75, 3.05) is 6.54 Å². The summed E-state index contributed by atoms with van der Waals surface area (Å²) in [5, 5.41) is 11.9. The van der Waals surface area contributed by atoms with E-state index in [0.717, 1.165) is 12.8 Å². The molecule has 0 unspecified atom stereocenters. The van der Waals surface area contributed by atoms with Gasteiger partial charge in [-0.3, -0.25) is 9.59 Å². The number of hydrogen-bond donors (Lipinski definition) is 2. The minimum atomic E-state index is -0.865. The number of carbonyl (C=O) groups is 2. The molecule has 2 fully saturated rings. The molecule has 136 valence electrons. The van der Waals surface area contributed by atoms with Crippen LogP contribution < -0.4 is 5.32 Å². The SMILES string of the molecule is O=C(O)[C@@H]1CC[C@H](C(=O)NCC2(c3c(F)cccc3F)CCCC2)C1. The summed E-state index contributed by atoms with van der Waals surface area (Å²) in [4.78, 5) is 23.5. The van der Waals surface area contributed by atoms with Crippen LogP contribution in [0.5, 0.6) is 0 Å². The Kier molecular flexibility index (Phi) is 5.06. The maximum absolute atomic E-state index is 14.3. The van der Waals surface area contributed by atoms with E-state index in [1.54, 1.807) is 0 Å². The summed E-state index contributed by atoms with van der Waals surface area (Å²) < 4.78 is 28.6. The van der Waals surface area contributed by atoms with Crippen LogP contribution >= 0.6 is 0 Å². The molecule has 2 aliphatic rings. The van der Waals surface area contributed by atoms with Crippen LogP contribution in [0.2, 0.25) is 0 Å². The number of carbonyl (C=O) groups excluding carboxylic acids is 1. The van der Waals surface area contributed by atoms with Crippen LogP contribution in [0, 0.1) is 23.5 Å². The van der Waals surface area contributed by atoms with Gasteiger partial charge in [-0.2, -0.15) is 0 Å². The summed E-state index contributed by atoms with van der Waals surface area (Å²) >= 11 is 0. The number of amides is 1. The second-order valence-corrected chi connectivity index (χ2v) is 7.35. The highest BCUT2D eigenvalue weighted by atomic mass is 19.1. The van der Waals surface area contributed by atoms with Gasteiger partial charge in [0, 0.05) is 23.4 Å². The van der Waals surface area contributed by atoms with Crippen molar-refractivity contribution in [3.63, 3.8) is 0 Å². The van der Waals surface area contributed by atoms with E-state index in [0.29, 0.717) is 32.1 Å². The van der Waals surface area contributed by atoms with Crippen LogP contribution in [0.25, 0.3) is 0 Å². The van der Waals surface area contributed by atoms with E-state index in [4.69, 9.17) is 5.11 Å². The van der Waals surface area contributed by atoms with Gasteiger partial charge >= 0.3 is 5.97 Å². The van der Waals surface area contributed by atoms with E-state index in [2.05, 4.69) is 5.32 Å². The van der Waals surface area contributed by atoms with Crippen molar-refractivity contribution in [2.45, 2.75) is 50.4 Å². The lowest BCUT2D eigenvalue weighted by molar-refractivity contribution is -0.141. The van der Waals surface area contributed by atoms with Crippen LogP contribution in [0.3, 0.4) is 0 Å². The zero-order chi connectivity index (χ0) is 18.0. The Bertz CT molecular complexity index is 650. The summed E-state index contributed by atoms with van der Waals surface area (Å²) in [7, 11) is 0. The summed E-state index contributed by atoms with van der Waals surface area (Å²) in [6.07, 6.45) is 4.38. The van der Waals surface area contributed by atoms with Gasteiger partial charge in [0.1, 0.15) is 11.6 Å². The third-order valence-electron chi connectivity index (χ3n) is 5.81. The molecular weight excluding hydrogens is 328 g/mol. The maximum Gasteiger partial charge on any atom is 0.306 e. The number of carboxylic acid groups (broad SMARTS) is 1. The van der Waals surface area contributed by atoms with Crippen molar-refractivity contribution in [3.8, 4) is 0 Å². The number of rotatable bonds is 5. The minimum absolute atomic E-state index is 0.0719. The third kappa shape index (κ3) is 3.53. The van der Waals surface area contributed by atoms with Crippen LogP contribution in [0.1, 0.15) is 50.5 Å². The molecule has 0 saturated heterocycles. The molecule has 2 saturated carbocycles. The van der Waals surface area contributed by atoms with Gasteiger partial charge in [0.05, 0.1) is 5.92 Å². The van der Waals surface area contributed by atoms with Gasteiger partial charge in [0.15, 0.2) is 0 Å². The van der Waals surface area contributed by atoms with E-state index < -0.39 is 28.9 Å². The molecule has 0 radical (unpaired) electrons. The monoisotopic (exact) mass is 351 g/mol. The summed E-state index contributed by atoms with van der Waals surface area (Å²) in [6, 6.07) is 3.86. The summed E-state index contributed by atoms with van der Waals surface area (Å²) in [5.74, 6) is -3.00. The highest BCUT2D eigenvalue weighted by Gasteiger charge is 2.41. The van der Waals surface area contributed by atoms with Crippen molar-refractivity contribution in [2.24, 2.45) is 11.8 Å². The first-order valence-electron chi connectivity index (χ1n) is 8.88. The largest absolute Gasteiger partial charge is 0.481 e. The van der Waals surface area contributed by atoms with Gasteiger partial charge in [-0.1, -0.05) is 18.9 Å². The molecule has 0 aromatic heterocycles. The number of carboxylic acids is 1. The molecule has 2 N–H and O–H groups in total. The number of hydrogen-bond acceptors (Lipinski definition) is 2. The molecular formula is C19H23F2NO3. The Morgan fingerprint density at radius 2 is 1.72 bits per heavy atom. The fraction of sp³-hybridized carbons (Fsp3) is 0.579. The lowest BCUT2D eigenvalue weighted by Gasteiger charge is -2.31. The van der Waals surface area contributed by atoms with Crippen molar-refractivity contribution >= 4 is 11.9 Å². The fourth-order valence-corrected chi connectivity index (χ4v) is 4.42. The molecule has 2 atom stereocenters. The first kappa shape index (κ1) is 17.8. The Balaban J connectivity index is 1.71. The van der Waals surface area contributed by atoms with Gasteiger partial charge in [0.25, 0.3) is 0 Å². The molecule has 4 nitrogen and oxygen atoms in total. The zero-order valence-corrected chi connectivity index (χ0v) is 14.1. The highest BCUT2D eigenvalue weighted by Crippen LogP contribution is 2.43. The van der Waals surface area contributed by atoms with Gasteiger partial charge < -0.3 is 10.4 Å². The maximum atomic E-state index is 14.3. The minimum Gasteiger partial charge on any atom is -0.481 e. The Morgan fingerprint density at radius 3 is 2.28 bits per heavy atom. The van der Waals surface area contributed by atoms with Gasteiger partial charge in [-0.25, -0.2) is 8.78 Å². The van der Waals surface area contributed by atoms with E-state index in [-0.39, 0.29) is 23.9 Å². The smallest absolute Gasteiger partial charge is 0.306 e. The van der Waals surface area contributed by atoms with E-state index >= 15 is 0 Å². The van der Waals surface area contributed by atoms with E-state index in [1.807, 2.05) is 0 Å². The molecule has 1 aromatic rings. The fourth-order valence-electron chi connectivity index (χ4n) is 4.42. The molecule has 6 heteroatoms. The second kappa shape index (κ2) is 7.10. The average molecular weight is 351 g/mol. The topological polar surface area (TPSA) is 66.4 Å². The lowest BCUT2D eigenvalue weighted by atomic mass is 9.78. The van der Waals surface area contributed by atoms with Crippen LogP contribution in [-0.4, -0.2) is 23.5 Å². The first-order chi connectivity index (χ1) is 11.9. The molecule has 0 aliphatic heterocycles. The number of benzene rings is 1. The van der Waals surface area contributed by atoms with Crippen molar-refractivity contribution in [1.82, 2.24) is 5.32 Å². The summed E-state index contributed by atoms with van der Waals surface area (Å²) in [6.45, 7) is 0.192. The molecule has 25 heavy (non-hydrogen) atoms. The molecule has 0 heterocycles. The first-order valence-corrected chi connectivity index (χ1v) is 8.88. The molecule has 2 aliphatic carbocycles. The number of aliphatic carboxylic acids is 1. The lowest BCUT2D eigenvalue weighted by Crippen LogP contribution is -2.42. The van der Waals surface area contributed by atoms with Crippen molar-refractivity contribution < 1.29 is 23.5 Å². The zero-order valence-electron chi connectivity index (χ0n) is 14.1. The van der Waals surface area contributed by atoms with E-state index in [9.17, 15) is 18.4 Å². The highest BCUT2D eigenvalue weighted by molar-refractivity contribution is 5.81. The van der Waals surface area contributed by atoms with Crippen LogP contribution in [0.4, 0.5) is 8.78 Å². The Hall–Kier alpha value is -1.98. The average Bonchev–Trinajstić information content (AvgIpc) is 3.23. The molecule has 0 bridgehead atoms.